The number of ether oxygens (including phenoxy) is 1. The van der Waals surface area contributed by atoms with E-state index in [2.05, 4.69) is 4.98 Å². The molecule has 0 amide bonds. The Labute approximate surface area is 147 Å². The molecule has 21 heavy (non-hydrogen) atoms. The Kier molecular flexibility index (Phi) is 10.6. The number of nitrogens with zero attached hydrogens (tertiary/aromatic N) is 1. The van der Waals surface area contributed by atoms with Gasteiger partial charge in [0, 0.05) is 11.9 Å². The highest BCUT2D eigenvalue weighted by molar-refractivity contribution is 8.76. The number of esters is 1. The lowest BCUT2D eigenvalue weighted by atomic mass is 10.5. The van der Waals surface area contributed by atoms with Crippen molar-refractivity contribution in [1.82, 2.24) is 4.98 Å². The number of thiocarbonyl (C=S) groups is 1. The van der Waals surface area contributed by atoms with Crippen molar-refractivity contribution in [3.63, 3.8) is 0 Å². The van der Waals surface area contributed by atoms with Gasteiger partial charge in [0.15, 0.2) is 0 Å². The van der Waals surface area contributed by atoms with Gasteiger partial charge in [-0.3, -0.25) is 4.79 Å². The van der Waals surface area contributed by atoms with Crippen molar-refractivity contribution >= 4 is 66.8 Å². The zero-order valence-electron chi connectivity index (χ0n) is 11.8. The average Bonchev–Trinajstić information content (AvgIpc) is 2.48. The lowest BCUT2D eigenvalue weighted by Crippen LogP contribution is -2.19. The quantitative estimate of drug-likeness (QED) is 0.282. The lowest BCUT2D eigenvalue weighted by Gasteiger charge is -2.10. The van der Waals surface area contributed by atoms with Crippen molar-refractivity contribution in [2.75, 3.05) is 18.1 Å². The smallest absolute Gasteiger partial charge is 0.319 e. The molecule has 0 spiro atoms. The first kappa shape index (κ1) is 19.2. The van der Waals surface area contributed by atoms with Gasteiger partial charge in [-0.1, -0.05) is 47.8 Å². The lowest BCUT2D eigenvalue weighted by molar-refractivity contribution is -0.141. The molecule has 0 aromatic carbocycles. The van der Waals surface area contributed by atoms with E-state index in [-0.39, 0.29) is 11.2 Å². The summed E-state index contributed by atoms with van der Waals surface area (Å²) in [5.41, 5.74) is 0. The second kappa shape index (κ2) is 11.6. The van der Waals surface area contributed by atoms with Crippen molar-refractivity contribution < 1.29 is 9.53 Å². The average molecular weight is 380 g/mol. The second-order valence-corrected chi connectivity index (χ2v) is 9.93. The number of carbonyl (C=O) groups excluding carboxylic acids is 1. The molecule has 0 aliphatic heterocycles. The van der Waals surface area contributed by atoms with Crippen LogP contribution in [0.25, 0.3) is 0 Å². The molecular formula is C13H17NO2S5. The van der Waals surface area contributed by atoms with Crippen LogP contribution in [0.2, 0.25) is 0 Å². The normalized spacial score (nSPS) is 11.9. The highest BCUT2D eigenvalue weighted by Gasteiger charge is 2.17. The van der Waals surface area contributed by atoms with E-state index in [1.165, 1.54) is 11.8 Å². The van der Waals surface area contributed by atoms with Crippen molar-refractivity contribution in [1.29, 1.82) is 0 Å². The van der Waals surface area contributed by atoms with Gasteiger partial charge in [0.05, 0.1) is 0 Å². The summed E-state index contributed by atoms with van der Waals surface area (Å²) in [6.45, 7) is 4.27. The summed E-state index contributed by atoms with van der Waals surface area (Å²) >= 11 is 8.13. The molecule has 1 heterocycles. The number of rotatable bonds is 8. The Balaban J connectivity index is 2.11. The highest BCUT2D eigenvalue weighted by atomic mass is 33.1. The topological polar surface area (TPSA) is 39.2 Å². The molecule has 0 bridgehead atoms. The van der Waals surface area contributed by atoms with Gasteiger partial charge in [-0.05, 0) is 35.6 Å². The van der Waals surface area contributed by atoms with Gasteiger partial charge in [0.25, 0.3) is 0 Å². The third-order valence-corrected chi connectivity index (χ3v) is 6.84. The minimum absolute atomic E-state index is 0.206. The van der Waals surface area contributed by atoms with Gasteiger partial charge in [0.2, 0.25) is 0 Å². The van der Waals surface area contributed by atoms with E-state index in [0.29, 0.717) is 6.61 Å². The van der Waals surface area contributed by atoms with Crippen LogP contribution in [0, 0.1) is 0 Å². The number of pyridine rings is 1. The van der Waals surface area contributed by atoms with E-state index in [1.807, 2.05) is 32.0 Å². The van der Waals surface area contributed by atoms with E-state index < -0.39 is 0 Å². The molecule has 1 aromatic heterocycles. The van der Waals surface area contributed by atoms with Crippen LogP contribution < -0.4 is 0 Å². The van der Waals surface area contributed by atoms with E-state index >= 15 is 0 Å². The van der Waals surface area contributed by atoms with Gasteiger partial charge in [0.1, 0.15) is 20.4 Å². The first-order chi connectivity index (χ1) is 10.1. The fraction of sp³-hybridized carbons (Fsp3) is 0.462. The van der Waals surface area contributed by atoms with Crippen LogP contribution >= 0.6 is 57.3 Å². The van der Waals surface area contributed by atoms with Crippen molar-refractivity contribution in [3.05, 3.63) is 24.4 Å². The zero-order valence-corrected chi connectivity index (χ0v) is 15.9. The van der Waals surface area contributed by atoms with Crippen LogP contribution in [-0.4, -0.2) is 37.8 Å². The molecular weight excluding hydrogens is 362 g/mol. The minimum atomic E-state index is -0.245. The van der Waals surface area contributed by atoms with E-state index in [1.54, 1.807) is 39.5 Å². The fourth-order valence-corrected chi connectivity index (χ4v) is 5.38. The number of carbonyl (C=O) groups is 1. The molecule has 1 unspecified atom stereocenters. The molecule has 116 valence electrons. The molecule has 0 aliphatic carbocycles. The SMILES string of the molecule is CCSC(=S)SC(C)C(=O)OCCSSc1ccccn1. The van der Waals surface area contributed by atoms with Gasteiger partial charge < -0.3 is 4.74 Å². The molecule has 0 N–H and O–H groups in total. The first-order valence-corrected chi connectivity index (χ1v) is 10.9. The molecule has 0 fully saturated rings. The zero-order chi connectivity index (χ0) is 15.5. The monoisotopic (exact) mass is 379 g/mol. The van der Waals surface area contributed by atoms with Crippen LogP contribution in [0.1, 0.15) is 13.8 Å². The number of hydrogen-bond donors (Lipinski definition) is 0. The largest absolute Gasteiger partial charge is 0.464 e. The molecule has 1 aromatic rings. The number of aromatic nitrogens is 1. The molecule has 0 saturated carbocycles. The van der Waals surface area contributed by atoms with Crippen molar-refractivity contribution in [3.8, 4) is 0 Å². The molecule has 1 atom stereocenters. The van der Waals surface area contributed by atoms with E-state index in [4.69, 9.17) is 17.0 Å². The molecule has 0 saturated heterocycles. The van der Waals surface area contributed by atoms with Crippen molar-refractivity contribution in [2.24, 2.45) is 0 Å². The number of hydrogen-bond acceptors (Lipinski definition) is 8. The van der Waals surface area contributed by atoms with Gasteiger partial charge in [-0.2, -0.15) is 0 Å². The molecule has 3 nitrogen and oxygen atoms in total. The van der Waals surface area contributed by atoms with Crippen molar-refractivity contribution in [2.45, 2.75) is 24.1 Å². The van der Waals surface area contributed by atoms with Gasteiger partial charge in [-0.25, -0.2) is 4.98 Å². The summed E-state index contributed by atoms with van der Waals surface area (Å²) in [6, 6.07) is 5.79. The molecule has 0 radical (unpaired) electrons. The van der Waals surface area contributed by atoms with Gasteiger partial charge in [-0.15, -0.1) is 11.8 Å². The van der Waals surface area contributed by atoms with Crippen LogP contribution in [0.3, 0.4) is 0 Å². The Bertz CT molecular complexity index is 443. The van der Waals surface area contributed by atoms with E-state index in [0.717, 1.165) is 20.1 Å². The first-order valence-electron chi connectivity index (χ1n) is 6.34. The summed E-state index contributed by atoms with van der Waals surface area (Å²) in [5, 5.41) is 0.713. The Morgan fingerprint density at radius 2 is 2.29 bits per heavy atom. The fourth-order valence-electron chi connectivity index (χ4n) is 1.14. The predicted molar refractivity (Wildman–Crippen MR) is 101 cm³/mol. The maximum Gasteiger partial charge on any atom is 0.319 e. The minimum Gasteiger partial charge on any atom is -0.464 e. The van der Waals surface area contributed by atoms with Crippen LogP contribution in [0.15, 0.2) is 29.4 Å². The maximum atomic E-state index is 11.8. The summed E-state index contributed by atoms with van der Waals surface area (Å²) in [7, 11) is 3.20. The third kappa shape index (κ3) is 8.97. The molecule has 0 aliphatic rings. The summed E-state index contributed by atoms with van der Waals surface area (Å²) in [4.78, 5) is 16.0. The number of thioether (sulfide) groups is 2. The summed E-state index contributed by atoms with van der Waals surface area (Å²) < 4.78 is 6.03. The summed E-state index contributed by atoms with van der Waals surface area (Å²) in [5.74, 6) is 1.45. The van der Waals surface area contributed by atoms with Crippen LogP contribution in [-0.2, 0) is 9.53 Å². The Morgan fingerprint density at radius 3 is 2.95 bits per heavy atom. The van der Waals surface area contributed by atoms with Crippen LogP contribution in [0.5, 0.6) is 0 Å². The Hall–Kier alpha value is 0.110. The Morgan fingerprint density at radius 1 is 1.48 bits per heavy atom. The highest BCUT2D eigenvalue weighted by Crippen LogP contribution is 2.28. The standard InChI is InChI=1S/C13H17NO2S5/c1-3-18-13(17)20-10(2)12(15)16-8-9-19-21-11-6-4-5-7-14-11/h4-7,10H,3,8-9H2,1-2H3. The summed E-state index contributed by atoms with van der Waals surface area (Å²) in [6.07, 6.45) is 1.76. The van der Waals surface area contributed by atoms with Gasteiger partial charge >= 0.3 is 5.97 Å². The predicted octanol–water partition coefficient (Wildman–Crippen LogP) is 4.52. The molecule has 8 heteroatoms. The van der Waals surface area contributed by atoms with E-state index in [9.17, 15) is 4.79 Å². The second-order valence-electron chi connectivity index (χ2n) is 3.68. The van der Waals surface area contributed by atoms with Crippen LogP contribution in [0.4, 0.5) is 0 Å². The third-order valence-electron chi connectivity index (χ3n) is 2.06. The molecule has 1 rings (SSSR count). The maximum absolute atomic E-state index is 11.8.